The highest BCUT2D eigenvalue weighted by Gasteiger charge is 2.56. The Kier molecular flexibility index (Phi) is 3.38. The van der Waals surface area contributed by atoms with Crippen molar-refractivity contribution in [2.45, 2.75) is 18.0 Å². The Hall–Kier alpha value is -0.360. The first-order valence-electron chi connectivity index (χ1n) is 4.87. The van der Waals surface area contributed by atoms with Gasteiger partial charge < -0.3 is 0 Å². The van der Waals surface area contributed by atoms with E-state index in [9.17, 15) is 13.2 Å². The molecular formula is C11H8Br2F3N. The van der Waals surface area contributed by atoms with Crippen molar-refractivity contribution in [3.8, 4) is 0 Å². The van der Waals surface area contributed by atoms with Gasteiger partial charge in [0.25, 0.3) is 0 Å². The lowest BCUT2D eigenvalue weighted by Gasteiger charge is -2.31. The molecule has 1 aliphatic heterocycles. The van der Waals surface area contributed by atoms with Crippen molar-refractivity contribution in [1.29, 1.82) is 0 Å². The van der Waals surface area contributed by atoms with E-state index in [4.69, 9.17) is 0 Å². The van der Waals surface area contributed by atoms with E-state index in [1.807, 2.05) is 0 Å². The molecular weight excluding hydrogens is 363 g/mol. The Morgan fingerprint density at radius 2 is 1.71 bits per heavy atom. The van der Waals surface area contributed by atoms with Crippen molar-refractivity contribution < 1.29 is 13.2 Å². The molecule has 1 heterocycles. The highest BCUT2D eigenvalue weighted by atomic mass is 79.9. The van der Waals surface area contributed by atoms with Crippen molar-refractivity contribution in [3.63, 3.8) is 0 Å². The second-order valence-corrected chi connectivity index (χ2v) is 5.80. The molecule has 1 nitrogen and oxygen atoms in total. The molecule has 1 unspecified atom stereocenters. The third-order valence-electron chi connectivity index (χ3n) is 2.89. The molecule has 1 atom stereocenters. The highest BCUT2D eigenvalue weighted by Crippen LogP contribution is 2.46. The van der Waals surface area contributed by atoms with Crippen LogP contribution in [0.5, 0.6) is 0 Å². The molecule has 2 rings (SSSR count). The van der Waals surface area contributed by atoms with Crippen LogP contribution < -0.4 is 0 Å². The molecule has 17 heavy (non-hydrogen) atoms. The Balaban J connectivity index is 2.54. The molecule has 0 fully saturated rings. The SMILES string of the molecule is FC(F)(F)C1(c2cc(Br)cc(Br)c2)CC=NC1. The lowest BCUT2D eigenvalue weighted by molar-refractivity contribution is -0.183. The Bertz CT molecular complexity index is 440. The summed E-state index contributed by atoms with van der Waals surface area (Å²) in [4.78, 5) is 3.76. The van der Waals surface area contributed by atoms with Crippen molar-refractivity contribution in [2.24, 2.45) is 4.99 Å². The maximum absolute atomic E-state index is 13.3. The fraction of sp³-hybridized carbons (Fsp3) is 0.364. The molecule has 0 radical (unpaired) electrons. The molecule has 0 aliphatic carbocycles. The average molecular weight is 371 g/mol. The summed E-state index contributed by atoms with van der Waals surface area (Å²) < 4.78 is 41.0. The fourth-order valence-corrected chi connectivity index (χ4v) is 3.21. The summed E-state index contributed by atoms with van der Waals surface area (Å²) in [7, 11) is 0. The monoisotopic (exact) mass is 369 g/mol. The Morgan fingerprint density at radius 1 is 1.12 bits per heavy atom. The van der Waals surface area contributed by atoms with Gasteiger partial charge in [0.15, 0.2) is 0 Å². The van der Waals surface area contributed by atoms with Gasteiger partial charge in [-0.2, -0.15) is 13.2 Å². The van der Waals surface area contributed by atoms with Crippen molar-refractivity contribution in [3.05, 3.63) is 32.7 Å². The van der Waals surface area contributed by atoms with Gasteiger partial charge in [-0.05, 0) is 23.8 Å². The number of rotatable bonds is 1. The van der Waals surface area contributed by atoms with Crippen LogP contribution in [0.4, 0.5) is 13.2 Å². The normalized spacial score (nSPS) is 24.3. The van der Waals surface area contributed by atoms with Gasteiger partial charge in [-0.1, -0.05) is 31.9 Å². The van der Waals surface area contributed by atoms with Crippen molar-refractivity contribution in [2.75, 3.05) is 6.54 Å². The van der Waals surface area contributed by atoms with Crippen LogP contribution in [0.1, 0.15) is 12.0 Å². The first-order chi connectivity index (χ1) is 7.85. The predicted molar refractivity (Wildman–Crippen MR) is 67.6 cm³/mol. The summed E-state index contributed by atoms with van der Waals surface area (Å²) >= 11 is 6.43. The van der Waals surface area contributed by atoms with Crippen LogP contribution in [-0.2, 0) is 5.41 Å². The summed E-state index contributed by atoms with van der Waals surface area (Å²) in [6, 6.07) is 4.73. The third-order valence-corrected chi connectivity index (χ3v) is 3.80. The lowest BCUT2D eigenvalue weighted by atomic mass is 9.78. The summed E-state index contributed by atoms with van der Waals surface area (Å²) in [5.74, 6) is 0. The molecule has 0 aromatic heterocycles. The van der Waals surface area contributed by atoms with Gasteiger partial charge in [0.05, 0.1) is 6.54 Å². The number of nitrogens with zero attached hydrogens (tertiary/aromatic N) is 1. The second kappa shape index (κ2) is 4.39. The molecule has 0 saturated carbocycles. The van der Waals surface area contributed by atoms with Gasteiger partial charge in [-0.3, -0.25) is 4.99 Å². The minimum Gasteiger partial charge on any atom is -0.296 e. The smallest absolute Gasteiger partial charge is 0.296 e. The van der Waals surface area contributed by atoms with Gasteiger partial charge in [0, 0.05) is 21.6 Å². The van der Waals surface area contributed by atoms with Crippen LogP contribution in [0.25, 0.3) is 0 Å². The van der Waals surface area contributed by atoms with Gasteiger partial charge in [0.2, 0.25) is 0 Å². The summed E-state index contributed by atoms with van der Waals surface area (Å²) in [6.45, 7) is -0.237. The third kappa shape index (κ3) is 2.29. The van der Waals surface area contributed by atoms with Crippen LogP contribution in [0.2, 0.25) is 0 Å². The minimum absolute atomic E-state index is 0.0978. The number of hydrogen-bond donors (Lipinski definition) is 0. The highest BCUT2D eigenvalue weighted by molar-refractivity contribution is 9.11. The molecule has 92 valence electrons. The molecule has 0 bridgehead atoms. The predicted octanol–water partition coefficient (Wildman–Crippen LogP) is 4.49. The maximum Gasteiger partial charge on any atom is 0.400 e. The van der Waals surface area contributed by atoms with E-state index < -0.39 is 11.6 Å². The number of halogens is 5. The van der Waals surface area contributed by atoms with Gasteiger partial charge in [-0.15, -0.1) is 0 Å². The summed E-state index contributed by atoms with van der Waals surface area (Å²) in [6.07, 6.45) is -3.05. The molecule has 1 aromatic rings. The van der Waals surface area contributed by atoms with Gasteiger partial charge in [0.1, 0.15) is 5.41 Å². The van der Waals surface area contributed by atoms with Crippen molar-refractivity contribution in [1.82, 2.24) is 0 Å². The zero-order chi connectivity index (χ0) is 12.7. The Labute approximate surface area is 113 Å². The average Bonchev–Trinajstić information content (AvgIpc) is 2.64. The van der Waals surface area contributed by atoms with E-state index in [0.29, 0.717) is 8.95 Å². The van der Waals surface area contributed by atoms with Crippen LogP contribution in [0.3, 0.4) is 0 Å². The maximum atomic E-state index is 13.3. The number of hydrogen-bond acceptors (Lipinski definition) is 1. The zero-order valence-electron chi connectivity index (χ0n) is 8.56. The van der Waals surface area contributed by atoms with E-state index in [-0.39, 0.29) is 18.5 Å². The van der Waals surface area contributed by atoms with Crippen molar-refractivity contribution >= 4 is 38.1 Å². The zero-order valence-corrected chi connectivity index (χ0v) is 11.7. The number of aliphatic imine (C=N–C) groups is 1. The first kappa shape index (κ1) is 13.1. The van der Waals surface area contributed by atoms with E-state index in [1.165, 1.54) is 18.3 Å². The fourth-order valence-electron chi connectivity index (χ4n) is 1.91. The largest absolute Gasteiger partial charge is 0.400 e. The summed E-state index contributed by atoms with van der Waals surface area (Å²) in [5, 5.41) is 0. The second-order valence-electron chi connectivity index (χ2n) is 3.97. The standard InChI is InChI=1S/C11H8Br2F3N/c12-8-3-7(4-9(13)5-8)10(11(14,15)16)1-2-17-6-10/h2-5H,1,6H2. The minimum atomic E-state index is -4.30. The first-order valence-corrected chi connectivity index (χ1v) is 6.45. The van der Waals surface area contributed by atoms with E-state index >= 15 is 0 Å². The number of benzene rings is 1. The van der Waals surface area contributed by atoms with E-state index in [2.05, 4.69) is 36.9 Å². The molecule has 0 N–H and O–H groups in total. The molecule has 1 aromatic carbocycles. The van der Waals surface area contributed by atoms with Gasteiger partial charge >= 0.3 is 6.18 Å². The van der Waals surface area contributed by atoms with Crippen LogP contribution >= 0.6 is 31.9 Å². The quantitative estimate of drug-likeness (QED) is 0.690. The van der Waals surface area contributed by atoms with E-state index in [0.717, 1.165) is 0 Å². The van der Waals surface area contributed by atoms with Crippen LogP contribution in [-0.4, -0.2) is 18.9 Å². The molecule has 0 spiro atoms. The van der Waals surface area contributed by atoms with Gasteiger partial charge in [-0.25, -0.2) is 0 Å². The molecule has 0 amide bonds. The molecule has 6 heteroatoms. The lowest BCUT2D eigenvalue weighted by Crippen LogP contribution is -2.43. The number of alkyl halides is 3. The summed E-state index contributed by atoms with van der Waals surface area (Å²) in [5.41, 5.74) is -1.64. The Morgan fingerprint density at radius 3 is 2.12 bits per heavy atom. The topological polar surface area (TPSA) is 12.4 Å². The van der Waals surface area contributed by atoms with Crippen LogP contribution in [0, 0.1) is 0 Å². The van der Waals surface area contributed by atoms with Crippen LogP contribution in [0.15, 0.2) is 32.1 Å². The van der Waals surface area contributed by atoms with E-state index in [1.54, 1.807) is 6.07 Å². The molecule has 1 aliphatic rings. The molecule has 0 saturated heterocycles.